The zero-order valence-corrected chi connectivity index (χ0v) is 11.6. The summed E-state index contributed by atoms with van der Waals surface area (Å²) in [5.41, 5.74) is 2.02. The summed E-state index contributed by atoms with van der Waals surface area (Å²) in [6.45, 7) is 6.32. The van der Waals surface area contributed by atoms with Crippen LogP contribution in [0.25, 0.3) is 0 Å². The van der Waals surface area contributed by atoms with Crippen molar-refractivity contribution in [1.29, 1.82) is 0 Å². The van der Waals surface area contributed by atoms with Crippen molar-refractivity contribution in [1.82, 2.24) is 0 Å². The van der Waals surface area contributed by atoms with E-state index in [2.05, 4.69) is 36.7 Å². The van der Waals surface area contributed by atoms with Crippen LogP contribution >= 0.6 is 15.9 Å². The quantitative estimate of drug-likeness (QED) is 0.850. The van der Waals surface area contributed by atoms with Gasteiger partial charge in [-0.15, -0.1) is 0 Å². The van der Waals surface area contributed by atoms with Crippen LogP contribution in [0, 0.1) is 0 Å². The first-order valence-electron chi connectivity index (χ1n) is 4.71. The predicted molar refractivity (Wildman–Crippen MR) is 66.9 cm³/mol. The van der Waals surface area contributed by atoms with Gasteiger partial charge in [0.2, 0.25) is 0 Å². The lowest BCUT2D eigenvalue weighted by Crippen LogP contribution is -2.11. The third-order valence-corrected chi connectivity index (χ3v) is 3.22. The Kier molecular flexibility index (Phi) is 3.95. The zero-order chi connectivity index (χ0) is 11.6. The number of thiol groups is 1. The average Bonchev–Trinajstić information content (AvgIpc) is 1.99. The summed E-state index contributed by atoms with van der Waals surface area (Å²) in [5, 5.41) is 0. The highest BCUT2D eigenvalue weighted by molar-refractivity contribution is 9.10. The van der Waals surface area contributed by atoms with Crippen LogP contribution in [0.15, 0.2) is 22.7 Å². The van der Waals surface area contributed by atoms with E-state index in [0.717, 1.165) is 15.6 Å². The van der Waals surface area contributed by atoms with Gasteiger partial charge in [0.1, 0.15) is 10.7 Å². The maximum Gasteiger partial charge on any atom is 0.144 e. The molecule has 0 amide bonds. The van der Waals surface area contributed by atoms with E-state index < -0.39 is 10.7 Å². The van der Waals surface area contributed by atoms with Crippen LogP contribution in [0.1, 0.15) is 31.9 Å². The van der Waals surface area contributed by atoms with Crippen molar-refractivity contribution in [3.05, 3.63) is 33.8 Å². The Hall–Kier alpha value is -0.350. The minimum Gasteiger partial charge on any atom is -0.232 e. The molecule has 0 fully saturated rings. The zero-order valence-electron chi connectivity index (χ0n) is 9.08. The highest BCUT2D eigenvalue weighted by atomic mass is 79.9. The summed E-state index contributed by atoms with van der Waals surface area (Å²) in [6, 6.07) is 5.83. The Morgan fingerprint density at radius 2 is 1.80 bits per heavy atom. The first-order chi connectivity index (χ1) is 6.79. The Labute approximate surface area is 101 Å². The minimum absolute atomic E-state index is 0.0348. The van der Waals surface area contributed by atoms with Crippen LogP contribution in [0.2, 0.25) is 0 Å². The van der Waals surface area contributed by atoms with Crippen molar-refractivity contribution < 1.29 is 8.42 Å². The fourth-order valence-electron chi connectivity index (χ4n) is 1.32. The smallest absolute Gasteiger partial charge is 0.144 e. The molecule has 0 radical (unpaired) electrons. The molecule has 0 heterocycles. The van der Waals surface area contributed by atoms with Gasteiger partial charge in [0.25, 0.3) is 0 Å². The lowest BCUT2D eigenvalue weighted by Gasteiger charge is -2.20. The van der Waals surface area contributed by atoms with Gasteiger partial charge in [-0.05, 0) is 28.7 Å². The van der Waals surface area contributed by atoms with Crippen molar-refractivity contribution in [2.45, 2.75) is 31.9 Å². The fourth-order valence-corrected chi connectivity index (χ4v) is 2.35. The van der Waals surface area contributed by atoms with Crippen LogP contribution in [-0.4, -0.2) is 8.42 Å². The van der Waals surface area contributed by atoms with E-state index in [1.807, 2.05) is 18.2 Å². The van der Waals surface area contributed by atoms with E-state index in [-0.39, 0.29) is 11.2 Å². The highest BCUT2D eigenvalue weighted by Gasteiger charge is 2.14. The van der Waals surface area contributed by atoms with Crippen molar-refractivity contribution >= 4 is 26.6 Å². The van der Waals surface area contributed by atoms with Crippen LogP contribution in [-0.2, 0) is 21.9 Å². The molecule has 0 spiro atoms. The maximum atomic E-state index is 10.7. The molecule has 0 atom stereocenters. The lowest BCUT2D eigenvalue weighted by atomic mass is 9.86. The molecule has 4 heteroatoms. The van der Waals surface area contributed by atoms with Crippen LogP contribution in [0.3, 0.4) is 0 Å². The Morgan fingerprint density at radius 1 is 1.20 bits per heavy atom. The van der Waals surface area contributed by atoms with Crippen molar-refractivity contribution in [3.8, 4) is 0 Å². The number of hydrogen-bond donors (Lipinski definition) is 1. The van der Waals surface area contributed by atoms with E-state index in [9.17, 15) is 8.42 Å². The maximum absolute atomic E-state index is 10.7. The van der Waals surface area contributed by atoms with E-state index in [1.54, 1.807) is 0 Å². The number of rotatable bonds is 2. The first kappa shape index (κ1) is 12.7. The van der Waals surface area contributed by atoms with Crippen molar-refractivity contribution in [2.24, 2.45) is 0 Å². The van der Waals surface area contributed by atoms with Crippen LogP contribution < -0.4 is 0 Å². The third kappa shape index (κ3) is 3.95. The summed E-state index contributed by atoms with van der Waals surface area (Å²) in [6.07, 6.45) is 0. The summed E-state index contributed by atoms with van der Waals surface area (Å²) in [7, 11) is -2.36. The van der Waals surface area contributed by atoms with Gasteiger partial charge in [-0.1, -0.05) is 42.8 Å². The van der Waals surface area contributed by atoms with Crippen LogP contribution in [0.5, 0.6) is 0 Å². The molecule has 1 aromatic rings. The summed E-state index contributed by atoms with van der Waals surface area (Å²) in [4.78, 5) is 0. The molecule has 0 aliphatic rings. The van der Waals surface area contributed by atoms with E-state index in [0.29, 0.717) is 0 Å². The van der Waals surface area contributed by atoms with Gasteiger partial charge in [0.15, 0.2) is 0 Å². The number of hydrogen-bond acceptors (Lipinski definition) is 2. The largest absolute Gasteiger partial charge is 0.232 e. The molecule has 0 aromatic heterocycles. The Balaban J connectivity index is 3.16. The molecule has 15 heavy (non-hydrogen) atoms. The van der Waals surface area contributed by atoms with Crippen LogP contribution in [0.4, 0.5) is 0 Å². The van der Waals surface area contributed by atoms with Gasteiger partial charge in [-0.25, -0.2) is 8.42 Å². The number of halogens is 1. The molecule has 0 unspecified atom stereocenters. The first-order valence-corrected chi connectivity index (χ1v) is 6.86. The van der Waals surface area contributed by atoms with Gasteiger partial charge in [0, 0.05) is 4.47 Å². The molecule has 84 valence electrons. The molecule has 0 N–H and O–H groups in total. The van der Waals surface area contributed by atoms with Gasteiger partial charge >= 0.3 is 0 Å². The van der Waals surface area contributed by atoms with Gasteiger partial charge < -0.3 is 0 Å². The second kappa shape index (κ2) is 4.66. The molecule has 1 rings (SSSR count). The number of benzene rings is 1. The predicted octanol–water partition coefficient (Wildman–Crippen LogP) is 2.86. The van der Waals surface area contributed by atoms with Gasteiger partial charge in [0.05, 0.1) is 5.75 Å². The molecular weight excluding hydrogens is 276 g/mol. The lowest BCUT2D eigenvalue weighted by molar-refractivity contribution is 0.588. The Bertz CT molecular complexity index is 423. The van der Waals surface area contributed by atoms with Crippen molar-refractivity contribution in [3.63, 3.8) is 0 Å². The molecule has 1 aromatic carbocycles. The summed E-state index contributed by atoms with van der Waals surface area (Å²) < 4.78 is 22.3. The standard InChI is InChI=1S/C11H15BrO2S/c1-11(2,3)9-4-8(7-15(13)14)5-10(12)6-9/h4-6,15H,7H2,1-3H3. The highest BCUT2D eigenvalue weighted by Crippen LogP contribution is 2.26. The molecule has 0 bridgehead atoms. The Morgan fingerprint density at radius 3 is 2.27 bits per heavy atom. The van der Waals surface area contributed by atoms with Gasteiger partial charge in [-0.2, -0.15) is 0 Å². The minimum atomic E-state index is -2.36. The molecule has 0 aliphatic heterocycles. The molecule has 0 aliphatic carbocycles. The SMILES string of the molecule is CC(C)(C)c1cc(Br)cc(C[SH](=O)=O)c1. The summed E-state index contributed by atoms with van der Waals surface area (Å²) in [5.74, 6) is 0.109. The molecule has 0 saturated heterocycles. The normalized spacial score (nSPS) is 12.1. The average molecular weight is 291 g/mol. The monoisotopic (exact) mass is 290 g/mol. The van der Waals surface area contributed by atoms with E-state index in [1.165, 1.54) is 0 Å². The summed E-state index contributed by atoms with van der Waals surface area (Å²) >= 11 is 3.40. The van der Waals surface area contributed by atoms with E-state index in [4.69, 9.17) is 0 Å². The van der Waals surface area contributed by atoms with Crippen molar-refractivity contribution in [2.75, 3.05) is 0 Å². The second-order valence-corrected chi connectivity index (χ2v) is 6.49. The van der Waals surface area contributed by atoms with Gasteiger partial charge in [-0.3, -0.25) is 0 Å². The molecule has 0 saturated carbocycles. The van der Waals surface area contributed by atoms with E-state index >= 15 is 0 Å². The molecule has 2 nitrogen and oxygen atoms in total. The topological polar surface area (TPSA) is 34.1 Å². The molecular formula is C11H15BrO2S. The fraction of sp³-hybridized carbons (Fsp3) is 0.455. The third-order valence-electron chi connectivity index (χ3n) is 2.14. The second-order valence-electron chi connectivity index (χ2n) is 4.59.